The molecule has 2 rings (SSSR count). The van der Waals surface area contributed by atoms with Gasteiger partial charge in [-0.1, -0.05) is 6.07 Å². The maximum absolute atomic E-state index is 12.0. The second-order valence-corrected chi connectivity index (χ2v) is 8.39. The number of benzene rings is 1. The van der Waals surface area contributed by atoms with Gasteiger partial charge in [0.2, 0.25) is 5.91 Å². The van der Waals surface area contributed by atoms with Gasteiger partial charge in [0.25, 0.3) is 0 Å². The second-order valence-electron chi connectivity index (χ2n) is 6.20. The van der Waals surface area contributed by atoms with Crippen molar-refractivity contribution in [2.45, 2.75) is 32.2 Å². The lowest BCUT2D eigenvalue weighted by Gasteiger charge is -2.23. The van der Waals surface area contributed by atoms with E-state index >= 15 is 0 Å². The Bertz CT molecular complexity index is 686. The molecule has 0 bridgehead atoms. The molecule has 23 heavy (non-hydrogen) atoms. The summed E-state index contributed by atoms with van der Waals surface area (Å²) in [4.78, 5) is 12.0. The number of carbonyl (C=O) groups excluding carboxylic acids is 1. The van der Waals surface area contributed by atoms with Gasteiger partial charge in [0.1, 0.15) is 0 Å². The van der Waals surface area contributed by atoms with Crippen LogP contribution in [0.15, 0.2) is 18.2 Å². The highest BCUT2D eigenvalue weighted by Gasteiger charge is 2.39. The molecular formula is C16H23NO5S. The lowest BCUT2D eigenvalue weighted by atomic mass is 10.0. The minimum absolute atomic E-state index is 0.00161. The van der Waals surface area contributed by atoms with E-state index in [-0.39, 0.29) is 30.4 Å². The van der Waals surface area contributed by atoms with Crippen molar-refractivity contribution >= 4 is 15.7 Å². The van der Waals surface area contributed by atoms with Crippen LogP contribution < -0.4 is 14.8 Å². The fourth-order valence-electron chi connectivity index (χ4n) is 2.66. The largest absolute Gasteiger partial charge is 0.493 e. The standard InChI is InChI=1S/C16H23NO5S/c1-12-4-5-13(14(10-12)21-3)22-8-6-15(18)17-16(2)7-9-23(19,20)11-16/h4-5,10H,6-9,11H2,1-3H3,(H,17,18). The van der Waals surface area contributed by atoms with E-state index in [4.69, 9.17) is 9.47 Å². The van der Waals surface area contributed by atoms with Crippen molar-refractivity contribution in [2.75, 3.05) is 25.2 Å². The number of aryl methyl sites for hydroxylation is 1. The third-order valence-corrected chi connectivity index (χ3v) is 5.75. The minimum Gasteiger partial charge on any atom is -0.493 e. The predicted molar refractivity (Wildman–Crippen MR) is 87.7 cm³/mol. The van der Waals surface area contributed by atoms with Gasteiger partial charge in [-0.05, 0) is 38.0 Å². The van der Waals surface area contributed by atoms with Crippen molar-refractivity contribution in [1.29, 1.82) is 0 Å². The van der Waals surface area contributed by atoms with Crippen LogP contribution in [0.1, 0.15) is 25.3 Å². The molecule has 1 aliphatic rings. The first-order valence-corrected chi connectivity index (χ1v) is 9.34. The normalized spacial score (nSPS) is 22.6. The Hall–Kier alpha value is -1.76. The van der Waals surface area contributed by atoms with Crippen LogP contribution in [0.25, 0.3) is 0 Å². The molecule has 1 heterocycles. The number of nitrogens with one attached hydrogen (secondary N) is 1. The smallest absolute Gasteiger partial charge is 0.223 e. The molecule has 128 valence electrons. The third kappa shape index (κ3) is 4.86. The minimum atomic E-state index is -3.04. The summed E-state index contributed by atoms with van der Waals surface area (Å²) in [6.45, 7) is 3.92. The van der Waals surface area contributed by atoms with E-state index in [1.165, 1.54) is 0 Å². The van der Waals surface area contributed by atoms with E-state index in [2.05, 4.69) is 5.32 Å². The Morgan fingerprint density at radius 3 is 2.70 bits per heavy atom. The van der Waals surface area contributed by atoms with Gasteiger partial charge in [-0.3, -0.25) is 4.79 Å². The number of rotatable bonds is 6. The average Bonchev–Trinajstić information content (AvgIpc) is 2.73. The summed E-state index contributed by atoms with van der Waals surface area (Å²) in [7, 11) is -1.47. The van der Waals surface area contributed by atoms with Crippen LogP contribution in [0.5, 0.6) is 11.5 Å². The van der Waals surface area contributed by atoms with Gasteiger partial charge in [-0.25, -0.2) is 8.42 Å². The summed E-state index contributed by atoms with van der Waals surface area (Å²) < 4.78 is 33.9. The van der Waals surface area contributed by atoms with Gasteiger partial charge in [-0.15, -0.1) is 0 Å². The van der Waals surface area contributed by atoms with Crippen LogP contribution in [-0.4, -0.2) is 45.1 Å². The molecule has 0 saturated carbocycles. The zero-order valence-corrected chi connectivity index (χ0v) is 14.5. The molecule has 1 aromatic carbocycles. The molecule has 0 radical (unpaired) electrons. The van der Waals surface area contributed by atoms with Gasteiger partial charge in [0.15, 0.2) is 21.3 Å². The van der Waals surface area contributed by atoms with E-state index < -0.39 is 15.4 Å². The zero-order chi connectivity index (χ0) is 17.1. The van der Waals surface area contributed by atoms with Gasteiger partial charge in [-0.2, -0.15) is 0 Å². The molecule has 0 aromatic heterocycles. The third-order valence-electron chi connectivity index (χ3n) is 3.85. The average molecular weight is 341 g/mol. The number of hydrogen-bond donors (Lipinski definition) is 1. The van der Waals surface area contributed by atoms with Crippen molar-refractivity contribution in [3.8, 4) is 11.5 Å². The van der Waals surface area contributed by atoms with Gasteiger partial charge < -0.3 is 14.8 Å². The highest BCUT2D eigenvalue weighted by molar-refractivity contribution is 7.91. The number of ether oxygens (including phenoxy) is 2. The molecule has 1 atom stereocenters. The van der Waals surface area contributed by atoms with Crippen molar-refractivity contribution < 1.29 is 22.7 Å². The molecule has 1 fully saturated rings. The van der Waals surface area contributed by atoms with Crippen LogP contribution in [0.3, 0.4) is 0 Å². The van der Waals surface area contributed by atoms with E-state index in [1.807, 2.05) is 19.1 Å². The van der Waals surface area contributed by atoms with Crippen molar-refractivity contribution in [3.05, 3.63) is 23.8 Å². The van der Waals surface area contributed by atoms with Crippen molar-refractivity contribution in [1.82, 2.24) is 5.32 Å². The summed E-state index contributed by atoms with van der Waals surface area (Å²) in [5.74, 6) is 1.12. The molecule has 7 heteroatoms. The van der Waals surface area contributed by atoms with Crippen molar-refractivity contribution in [2.24, 2.45) is 0 Å². The molecule has 1 amide bonds. The van der Waals surface area contributed by atoms with Crippen LogP contribution in [-0.2, 0) is 14.6 Å². The van der Waals surface area contributed by atoms with Gasteiger partial charge in [0.05, 0.1) is 37.2 Å². The quantitative estimate of drug-likeness (QED) is 0.847. The Kier molecular flexibility index (Phi) is 5.19. The van der Waals surface area contributed by atoms with E-state index in [9.17, 15) is 13.2 Å². The lowest BCUT2D eigenvalue weighted by molar-refractivity contribution is -0.123. The van der Waals surface area contributed by atoms with Gasteiger partial charge >= 0.3 is 0 Å². The zero-order valence-electron chi connectivity index (χ0n) is 13.7. The number of amides is 1. The molecule has 0 aliphatic carbocycles. The van der Waals surface area contributed by atoms with E-state index in [1.54, 1.807) is 20.1 Å². The molecule has 1 unspecified atom stereocenters. The Balaban J connectivity index is 1.84. The van der Waals surface area contributed by atoms with Crippen LogP contribution in [0.4, 0.5) is 0 Å². The Morgan fingerprint density at radius 1 is 1.35 bits per heavy atom. The van der Waals surface area contributed by atoms with Crippen molar-refractivity contribution in [3.63, 3.8) is 0 Å². The summed E-state index contributed by atoms with van der Waals surface area (Å²) in [6.07, 6.45) is 0.611. The number of hydrogen-bond acceptors (Lipinski definition) is 5. The lowest BCUT2D eigenvalue weighted by Crippen LogP contribution is -2.47. The monoisotopic (exact) mass is 341 g/mol. The Labute approximate surface area is 137 Å². The number of carbonyl (C=O) groups is 1. The Morgan fingerprint density at radius 2 is 2.09 bits per heavy atom. The summed E-state index contributed by atoms with van der Waals surface area (Å²) in [5.41, 5.74) is 0.389. The van der Waals surface area contributed by atoms with E-state index in [0.29, 0.717) is 17.9 Å². The summed E-state index contributed by atoms with van der Waals surface area (Å²) >= 11 is 0. The summed E-state index contributed by atoms with van der Waals surface area (Å²) in [5, 5.41) is 2.81. The molecule has 1 aromatic rings. The molecule has 0 spiro atoms. The second kappa shape index (κ2) is 6.78. The number of sulfone groups is 1. The van der Waals surface area contributed by atoms with Crippen LogP contribution in [0, 0.1) is 6.92 Å². The summed E-state index contributed by atoms with van der Waals surface area (Å²) in [6, 6.07) is 5.57. The first-order chi connectivity index (χ1) is 10.7. The SMILES string of the molecule is COc1cc(C)ccc1OCCC(=O)NC1(C)CCS(=O)(=O)C1. The topological polar surface area (TPSA) is 81.7 Å². The van der Waals surface area contributed by atoms with Crippen LogP contribution in [0.2, 0.25) is 0 Å². The number of methoxy groups -OCH3 is 1. The fourth-order valence-corrected chi connectivity index (χ4v) is 4.75. The highest BCUT2D eigenvalue weighted by atomic mass is 32.2. The molecule has 1 N–H and O–H groups in total. The first-order valence-electron chi connectivity index (χ1n) is 7.52. The highest BCUT2D eigenvalue weighted by Crippen LogP contribution is 2.28. The molecule has 1 saturated heterocycles. The van der Waals surface area contributed by atoms with E-state index in [0.717, 1.165) is 5.56 Å². The molecule has 6 nitrogen and oxygen atoms in total. The van der Waals surface area contributed by atoms with Gasteiger partial charge in [0, 0.05) is 0 Å². The fraction of sp³-hybridized carbons (Fsp3) is 0.562. The maximum Gasteiger partial charge on any atom is 0.223 e. The van der Waals surface area contributed by atoms with Crippen LogP contribution >= 0.6 is 0 Å². The first kappa shape index (κ1) is 17.6. The molecular weight excluding hydrogens is 318 g/mol. The molecule has 1 aliphatic heterocycles. The predicted octanol–water partition coefficient (Wildman–Crippen LogP) is 1.47. The maximum atomic E-state index is 12.0.